The van der Waals surface area contributed by atoms with E-state index in [0.29, 0.717) is 0 Å². The Hall–Kier alpha value is -6.84. The minimum atomic E-state index is -0.198. The second-order valence-corrected chi connectivity index (χ2v) is 15.3. The van der Waals surface area contributed by atoms with E-state index >= 15 is 0 Å². The van der Waals surface area contributed by atoms with E-state index in [-0.39, 0.29) is 5.41 Å². The van der Waals surface area contributed by atoms with Crippen LogP contribution in [0, 0.1) is 0 Å². The van der Waals surface area contributed by atoms with Gasteiger partial charge in [0.05, 0.1) is 11.0 Å². The summed E-state index contributed by atoms with van der Waals surface area (Å²) in [7, 11) is 0. The van der Waals surface area contributed by atoms with Gasteiger partial charge in [0.2, 0.25) is 0 Å². The monoisotopic (exact) mass is 691 g/mol. The molecular formula is C51H33NO2. The fourth-order valence-corrected chi connectivity index (χ4v) is 9.33. The SMILES string of the molecule is CC1(C)c2cc(-n3c4ccc(-c5ccccc5)cc4c4cc(-c5ccc6oc7ccccc7c6c5)ccc43)ccc2-c2c1ccc1c2oc2ccccc21. The van der Waals surface area contributed by atoms with Gasteiger partial charge in [0.25, 0.3) is 0 Å². The number of hydrogen-bond donors (Lipinski definition) is 0. The second kappa shape index (κ2) is 10.6. The first-order chi connectivity index (χ1) is 26.5. The number of aromatic nitrogens is 1. The fourth-order valence-electron chi connectivity index (χ4n) is 9.33. The molecule has 0 atom stereocenters. The smallest absolute Gasteiger partial charge is 0.143 e. The first-order valence-corrected chi connectivity index (χ1v) is 18.7. The Kier molecular flexibility index (Phi) is 5.84. The van der Waals surface area contributed by atoms with Crippen LogP contribution in [0.5, 0.6) is 0 Å². The molecule has 0 radical (unpaired) electrons. The summed E-state index contributed by atoms with van der Waals surface area (Å²) in [5.74, 6) is 0. The summed E-state index contributed by atoms with van der Waals surface area (Å²) in [6.45, 7) is 4.69. The molecule has 3 heteroatoms. The second-order valence-electron chi connectivity index (χ2n) is 15.3. The van der Waals surface area contributed by atoms with Gasteiger partial charge in [0.15, 0.2) is 0 Å². The van der Waals surface area contributed by atoms with Crippen LogP contribution in [0.1, 0.15) is 25.0 Å². The van der Waals surface area contributed by atoms with E-state index in [4.69, 9.17) is 8.83 Å². The molecule has 0 saturated carbocycles. The molecule has 0 aliphatic heterocycles. The highest BCUT2D eigenvalue weighted by Gasteiger charge is 2.38. The predicted octanol–water partition coefficient (Wildman–Crippen LogP) is 14.2. The molecule has 12 rings (SSSR count). The minimum Gasteiger partial charge on any atom is -0.456 e. The van der Waals surface area contributed by atoms with Crippen LogP contribution < -0.4 is 0 Å². The lowest BCUT2D eigenvalue weighted by Gasteiger charge is -2.22. The van der Waals surface area contributed by atoms with Crippen LogP contribution in [0.4, 0.5) is 0 Å². The lowest BCUT2D eigenvalue weighted by molar-refractivity contribution is 0.653. The molecule has 0 N–H and O–H groups in total. The summed E-state index contributed by atoms with van der Waals surface area (Å²) in [6, 6.07) is 59.3. The van der Waals surface area contributed by atoms with Crippen LogP contribution in [0.2, 0.25) is 0 Å². The molecule has 0 saturated heterocycles. The molecule has 11 aromatic rings. The maximum Gasteiger partial charge on any atom is 0.143 e. The van der Waals surface area contributed by atoms with Gasteiger partial charge < -0.3 is 13.4 Å². The highest BCUT2D eigenvalue weighted by molar-refractivity contribution is 6.14. The van der Waals surface area contributed by atoms with Gasteiger partial charge in [-0.2, -0.15) is 0 Å². The highest BCUT2D eigenvalue weighted by atomic mass is 16.3. The fraction of sp³-hybridized carbons (Fsp3) is 0.0588. The van der Waals surface area contributed by atoms with Crippen LogP contribution in [-0.2, 0) is 5.41 Å². The van der Waals surface area contributed by atoms with Crippen molar-refractivity contribution in [3.05, 3.63) is 175 Å². The third-order valence-corrected chi connectivity index (χ3v) is 12.0. The largest absolute Gasteiger partial charge is 0.456 e. The Morgan fingerprint density at radius 2 is 1.00 bits per heavy atom. The van der Waals surface area contributed by atoms with Gasteiger partial charge in [-0.25, -0.2) is 0 Å². The molecule has 0 fully saturated rings. The van der Waals surface area contributed by atoms with Crippen molar-refractivity contribution < 1.29 is 8.83 Å². The standard InChI is InChI=1S/C51H33NO2/c1-51(2)42-22-21-37-35-12-6-9-15-47(35)54-50(37)49(42)38-20-19-34(29-43(38)51)52-44-23-16-31(30-10-4-3-5-11-30)26-39(44)40-27-32(17-24-45(40)52)33-18-25-48-41(28-33)36-13-7-8-14-46(36)53-48/h3-29H,1-2H3. The number of furan rings is 2. The Balaban J connectivity index is 1.08. The molecule has 3 heterocycles. The van der Waals surface area contributed by atoms with Gasteiger partial charge in [-0.15, -0.1) is 0 Å². The normalized spacial score (nSPS) is 13.5. The number of rotatable bonds is 3. The molecule has 0 bridgehead atoms. The highest BCUT2D eigenvalue weighted by Crippen LogP contribution is 2.53. The molecule has 0 amide bonds. The van der Waals surface area contributed by atoms with Crippen LogP contribution in [0.3, 0.4) is 0 Å². The summed E-state index contributed by atoms with van der Waals surface area (Å²) in [6.07, 6.45) is 0. The number of nitrogens with zero attached hydrogens (tertiary/aromatic N) is 1. The summed E-state index contributed by atoms with van der Waals surface area (Å²) >= 11 is 0. The molecule has 0 unspecified atom stereocenters. The third kappa shape index (κ3) is 4.01. The molecule has 1 aliphatic carbocycles. The first-order valence-electron chi connectivity index (χ1n) is 18.7. The molecule has 0 spiro atoms. The van der Waals surface area contributed by atoms with Gasteiger partial charge in [0.1, 0.15) is 22.3 Å². The van der Waals surface area contributed by atoms with Gasteiger partial charge in [-0.3, -0.25) is 0 Å². The van der Waals surface area contributed by atoms with Crippen LogP contribution >= 0.6 is 0 Å². The van der Waals surface area contributed by atoms with Crippen molar-refractivity contribution in [1.82, 2.24) is 4.57 Å². The van der Waals surface area contributed by atoms with Crippen LogP contribution in [0.25, 0.3) is 105 Å². The quantitative estimate of drug-likeness (QED) is 0.185. The maximum absolute atomic E-state index is 6.59. The lowest BCUT2D eigenvalue weighted by Crippen LogP contribution is -2.15. The van der Waals surface area contributed by atoms with Gasteiger partial charge >= 0.3 is 0 Å². The zero-order valence-corrected chi connectivity index (χ0v) is 29.9. The molecule has 1 aliphatic rings. The average Bonchev–Trinajstić information content (AvgIpc) is 3.94. The zero-order valence-electron chi connectivity index (χ0n) is 29.9. The molecule has 8 aromatic carbocycles. The number of benzene rings is 8. The van der Waals surface area contributed by atoms with Gasteiger partial charge in [0, 0.05) is 49.0 Å². The molecule has 3 aromatic heterocycles. The first kappa shape index (κ1) is 29.7. The number of para-hydroxylation sites is 2. The van der Waals surface area contributed by atoms with Crippen molar-refractivity contribution in [3.8, 4) is 39.1 Å². The summed E-state index contributed by atoms with van der Waals surface area (Å²) in [4.78, 5) is 0. The van der Waals surface area contributed by atoms with E-state index in [2.05, 4.69) is 164 Å². The van der Waals surface area contributed by atoms with E-state index < -0.39 is 0 Å². The summed E-state index contributed by atoms with van der Waals surface area (Å²) in [5, 5.41) is 7.07. The van der Waals surface area contributed by atoms with Crippen LogP contribution in [-0.4, -0.2) is 4.57 Å². The minimum absolute atomic E-state index is 0.198. The van der Waals surface area contributed by atoms with Gasteiger partial charge in [-0.05, 0) is 99.6 Å². The Morgan fingerprint density at radius 3 is 1.74 bits per heavy atom. The third-order valence-electron chi connectivity index (χ3n) is 12.0. The molecular weight excluding hydrogens is 659 g/mol. The maximum atomic E-state index is 6.59. The Bertz CT molecular complexity index is 3350. The van der Waals surface area contributed by atoms with Crippen molar-refractivity contribution >= 4 is 65.7 Å². The van der Waals surface area contributed by atoms with Gasteiger partial charge in [-0.1, -0.05) is 117 Å². The summed E-state index contributed by atoms with van der Waals surface area (Å²) < 4.78 is 15.2. The lowest BCUT2D eigenvalue weighted by atomic mass is 9.82. The van der Waals surface area contributed by atoms with Crippen molar-refractivity contribution in [2.45, 2.75) is 19.3 Å². The van der Waals surface area contributed by atoms with E-state index in [9.17, 15) is 0 Å². The molecule has 254 valence electrons. The van der Waals surface area contributed by atoms with Crippen molar-refractivity contribution in [2.24, 2.45) is 0 Å². The predicted molar refractivity (Wildman–Crippen MR) is 224 cm³/mol. The van der Waals surface area contributed by atoms with Crippen molar-refractivity contribution in [1.29, 1.82) is 0 Å². The Morgan fingerprint density at radius 1 is 0.407 bits per heavy atom. The number of hydrogen-bond acceptors (Lipinski definition) is 2. The van der Waals surface area contributed by atoms with E-state index in [1.54, 1.807) is 0 Å². The average molecular weight is 692 g/mol. The van der Waals surface area contributed by atoms with Crippen molar-refractivity contribution in [2.75, 3.05) is 0 Å². The van der Waals surface area contributed by atoms with E-state index in [0.717, 1.165) is 44.2 Å². The van der Waals surface area contributed by atoms with Crippen LogP contribution in [0.15, 0.2) is 173 Å². The van der Waals surface area contributed by atoms with E-state index in [1.165, 1.54) is 71.7 Å². The van der Waals surface area contributed by atoms with E-state index in [1.807, 2.05) is 18.2 Å². The zero-order chi connectivity index (χ0) is 35.7. The molecule has 54 heavy (non-hydrogen) atoms. The topological polar surface area (TPSA) is 31.2 Å². The summed E-state index contributed by atoms with van der Waals surface area (Å²) in [5.41, 5.74) is 16.9. The Labute approximate surface area is 311 Å². The van der Waals surface area contributed by atoms with Crippen molar-refractivity contribution in [3.63, 3.8) is 0 Å². The molecule has 3 nitrogen and oxygen atoms in total. The number of fused-ring (bicyclic) bond motifs is 13.